The van der Waals surface area contributed by atoms with Crippen LogP contribution >= 0.6 is 11.8 Å². The van der Waals surface area contributed by atoms with Gasteiger partial charge in [0.25, 0.3) is 5.91 Å². The molecule has 1 N–H and O–H groups in total. The zero-order valence-corrected chi connectivity index (χ0v) is 19.5. The van der Waals surface area contributed by atoms with Crippen LogP contribution in [0.15, 0.2) is 72.8 Å². The van der Waals surface area contributed by atoms with E-state index in [0.29, 0.717) is 17.2 Å². The summed E-state index contributed by atoms with van der Waals surface area (Å²) in [7, 11) is 0. The molecule has 1 atom stereocenters. The van der Waals surface area contributed by atoms with Crippen molar-refractivity contribution in [1.29, 1.82) is 0 Å². The largest absolute Gasteiger partial charge is 0.322 e. The highest BCUT2D eigenvalue weighted by Gasteiger charge is 2.34. The molecule has 5 heteroatoms. The van der Waals surface area contributed by atoms with Gasteiger partial charge in [-0.3, -0.25) is 14.5 Å². The lowest BCUT2D eigenvalue weighted by Crippen LogP contribution is -2.27. The van der Waals surface area contributed by atoms with E-state index in [-0.39, 0.29) is 17.2 Å². The minimum absolute atomic E-state index is 0.0998. The molecular formula is C27H28N2O2S. The second-order valence-corrected chi connectivity index (χ2v) is 9.37. The third-order valence-electron chi connectivity index (χ3n) is 5.76. The van der Waals surface area contributed by atoms with Crippen LogP contribution in [0.25, 0.3) is 0 Å². The van der Waals surface area contributed by atoms with Gasteiger partial charge in [-0.2, -0.15) is 0 Å². The number of aryl methyl sites for hydroxylation is 1. The molecule has 0 saturated carbocycles. The molecule has 1 aliphatic rings. The molecule has 3 aromatic rings. The Morgan fingerprint density at radius 2 is 1.78 bits per heavy atom. The van der Waals surface area contributed by atoms with Gasteiger partial charge in [0.2, 0.25) is 5.91 Å². The lowest BCUT2D eigenvalue weighted by Gasteiger charge is -2.25. The molecule has 1 fully saturated rings. The number of anilines is 2. The lowest BCUT2D eigenvalue weighted by atomic mass is 10.0. The maximum absolute atomic E-state index is 12.7. The summed E-state index contributed by atoms with van der Waals surface area (Å²) < 4.78 is 0. The molecule has 1 unspecified atom stereocenters. The quantitative estimate of drug-likeness (QED) is 0.478. The fourth-order valence-corrected chi connectivity index (χ4v) is 5.00. The number of nitrogens with one attached hydrogen (secondary N) is 1. The SMILES string of the molecule is CCc1ccc(C(=O)Nc2cccc(C3SCC(=O)N3c3ccc(C(C)C)cc3)c2)cc1. The molecule has 164 valence electrons. The van der Waals surface area contributed by atoms with Crippen molar-refractivity contribution in [2.24, 2.45) is 0 Å². The van der Waals surface area contributed by atoms with Crippen molar-refractivity contribution < 1.29 is 9.59 Å². The van der Waals surface area contributed by atoms with Gasteiger partial charge in [0, 0.05) is 16.9 Å². The molecule has 4 rings (SSSR count). The Hall–Kier alpha value is -3.05. The number of carbonyl (C=O) groups excluding carboxylic acids is 2. The third-order valence-corrected chi connectivity index (χ3v) is 6.97. The lowest BCUT2D eigenvalue weighted by molar-refractivity contribution is -0.115. The number of rotatable bonds is 6. The number of amides is 2. The van der Waals surface area contributed by atoms with E-state index in [1.54, 1.807) is 11.8 Å². The molecule has 1 saturated heterocycles. The minimum Gasteiger partial charge on any atom is -0.322 e. The van der Waals surface area contributed by atoms with E-state index >= 15 is 0 Å². The summed E-state index contributed by atoms with van der Waals surface area (Å²) in [6, 6.07) is 23.7. The molecule has 3 aromatic carbocycles. The first-order valence-electron chi connectivity index (χ1n) is 11.0. The van der Waals surface area contributed by atoms with E-state index in [9.17, 15) is 9.59 Å². The molecule has 0 aromatic heterocycles. The predicted octanol–water partition coefficient (Wildman–Crippen LogP) is 6.40. The van der Waals surface area contributed by atoms with Crippen molar-refractivity contribution in [2.45, 2.75) is 38.5 Å². The average molecular weight is 445 g/mol. The van der Waals surface area contributed by atoms with Crippen LogP contribution in [0.5, 0.6) is 0 Å². The van der Waals surface area contributed by atoms with Crippen LogP contribution in [0, 0.1) is 0 Å². The zero-order chi connectivity index (χ0) is 22.7. The van der Waals surface area contributed by atoms with E-state index in [1.807, 2.05) is 65.6 Å². The van der Waals surface area contributed by atoms with E-state index in [0.717, 1.165) is 23.4 Å². The summed E-state index contributed by atoms with van der Waals surface area (Å²) in [5.74, 6) is 0.850. The summed E-state index contributed by atoms with van der Waals surface area (Å²) in [4.78, 5) is 27.3. The smallest absolute Gasteiger partial charge is 0.255 e. The van der Waals surface area contributed by atoms with Crippen molar-refractivity contribution >= 4 is 35.0 Å². The number of hydrogen-bond donors (Lipinski definition) is 1. The molecule has 1 aliphatic heterocycles. The summed E-state index contributed by atoms with van der Waals surface area (Å²) in [5, 5.41) is 2.88. The van der Waals surface area contributed by atoms with Gasteiger partial charge in [0.1, 0.15) is 5.37 Å². The first-order valence-corrected chi connectivity index (χ1v) is 12.0. The van der Waals surface area contributed by atoms with Crippen LogP contribution in [0.4, 0.5) is 11.4 Å². The van der Waals surface area contributed by atoms with Gasteiger partial charge >= 0.3 is 0 Å². The number of thioether (sulfide) groups is 1. The minimum atomic E-state index is -0.138. The Labute approximate surface area is 194 Å². The van der Waals surface area contributed by atoms with Gasteiger partial charge < -0.3 is 5.32 Å². The summed E-state index contributed by atoms with van der Waals surface area (Å²) in [5.41, 5.74) is 5.70. The van der Waals surface area contributed by atoms with E-state index in [1.165, 1.54) is 11.1 Å². The molecular weight excluding hydrogens is 416 g/mol. The van der Waals surface area contributed by atoms with Crippen LogP contribution < -0.4 is 10.2 Å². The molecule has 0 aliphatic carbocycles. The molecule has 0 bridgehead atoms. The van der Waals surface area contributed by atoms with Gasteiger partial charge in [-0.05, 0) is 65.4 Å². The highest BCUT2D eigenvalue weighted by atomic mass is 32.2. The van der Waals surface area contributed by atoms with Crippen molar-refractivity contribution in [3.63, 3.8) is 0 Å². The van der Waals surface area contributed by atoms with Gasteiger partial charge in [0.15, 0.2) is 0 Å². The highest BCUT2D eigenvalue weighted by molar-refractivity contribution is 8.00. The van der Waals surface area contributed by atoms with Gasteiger partial charge in [-0.15, -0.1) is 11.8 Å². The van der Waals surface area contributed by atoms with E-state index in [4.69, 9.17) is 0 Å². The van der Waals surface area contributed by atoms with Crippen molar-refractivity contribution in [3.8, 4) is 0 Å². The van der Waals surface area contributed by atoms with Crippen LogP contribution in [0.3, 0.4) is 0 Å². The highest BCUT2D eigenvalue weighted by Crippen LogP contribution is 2.42. The summed E-state index contributed by atoms with van der Waals surface area (Å²) in [6.45, 7) is 6.41. The van der Waals surface area contributed by atoms with E-state index < -0.39 is 0 Å². The zero-order valence-electron chi connectivity index (χ0n) is 18.7. The molecule has 1 heterocycles. The van der Waals surface area contributed by atoms with Crippen molar-refractivity contribution in [3.05, 3.63) is 95.1 Å². The topological polar surface area (TPSA) is 49.4 Å². The molecule has 2 amide bonds. The molecule has 4 nitrogen and oxygen atoms in total. The second-order valence-electron chi connectivity index (χ2n) is 8.30. The van der Waals surface area contributed by atoms with Crippen LogP contribution in [0.2, 0.25) is 0 Å². The Balaban J connectivity index is 1.54. The van der Waals surface area contributed by atoms with Gasteiger partial charge in [-0.25, -0.2) is 0 Å². The van der Waals surface area contributed by atoms with Gasteiger partial charge in [0.05, 0.1) is 5.75 Å². The first-order chi connectivity index (χ1) is 15.5. The fourth-order valence-electron chi connectivity index (χ4n) is 3.83. The van der Waals surface area contributed by atoms with Crippen LogP contribution in [0.1, 0.15) is 59.1 Å². The number of benzene rings is 3. The standard InChI is InChI=1S/C27H28N2O2S/c1-4-19-8-10-21(11-9-19)26(31)28-23-7-5-6-22(16-23)27-29(25(30)17-32-27)24-14-12-20(13-15-24)18(2)3/h5-16,18,27H,4,17H2,1-3H3,(H,28,31). The average Bonchev–Trinajstić information content (AvgIpc) is 3.20. The molecule has 32 heavy (non-hydrogen) atoms. The van der Waals surface area contributed by atoms with Crippen LogP contribution in [-0.2, 0) is 11.2 Å². The maximum atomic E-state index is 12.7. The number of carbonyl (C=O) groups is 2. The number of nitrogens with zero attached hydrogens (tertiary/aromatic N) is 1. The monoisotopic (exact) mass is 444 g/mol. The third kappa shape index (κ3) is 4.73. The second kappa shape index (κ2) is 9.61. The van der Waals surface area contributed by atoms with Crippen molar-refractivity contribution in [2.75, 3.05) is 16.0 Å². The Morgan fingerprint density at radius 1 is 1.06 bits per heavy atom. The predicted molar refractivity (Wildman–Crippen MR) is 133 cm³/mol. The first kappa shape index (κ1) is 22.2. The van der Waals surface area contributed by atoms with Gasteiger partial charge in [-0.1, -0.05) is 57.2 Å². The summed E-state index contributed by atoms with van der Waals surface area (Å²) in [6.07, 6.45) is 0.943. The number of hydrogen-bond acceptors (Lipinski definition) is 3. The van der Waals surface area contributed by atoms with Crippen molar-refractivity contribution in [1.82, 2.24) is 0 Å². The normalized spacial score (nSPS) is 15.9. The van der Waals surface area contributed by atoms with E-state index in [2.05, 4.69) is 38.2 Å². The summed E-state index contributed by atoms with van der Waals surface area (Å²) >= 11 is 1.61. The molecule has 0 spiro atoms. The van der Waals surface area contributed by atoms with Crippen LogP contribution in [-0.4, -0.2) is 17.6 Å². The fraction of sp³-hybridized carbons (Fsp3) is 0.259. The Bertz CT molecular complexity index is 1110. The molecule has 0 radical (unpaired) electrons. The Kier molecular flexibility index (Phi) is 6.66. The maximum Gasteiger partial charge on any atom is 0.255 e. The Morgan fingerprint density at radius 3 is 2.44 bits per heavy atom.